The molecule has 0 unspecified atom stereocenters. The highest BCUT2D eigenvalue weighted by atomic mass is 16.3. The zero-order valence-corrected chi connectivity index (χ0v) is 13.3. The first-order valence-electron chi connectivity index (χ1n) is 7.87. The Balaban J connectivity index is 1.46. The molecule has 3 heterocycles. The number of rotatable bonds is 2. The molecule has 7 heteroatoms. The van der Waals surface area contributed by atoms with E-state index in [1.165, 1.54) is 6.39 Å². The third kappa shape index (κ3) is 2.68. The molecule has 0 saturated carbocycles. The lowest BCUT2D eigenvalue weighted by Gasteiger charge is -2.35. The molecular formula is C17H17N5O2. The van der Waals surface area contributed by atoms with Gasteiger partial charge < -0.3 is 14.2 Å². The summed E-state index contributed by atoms with van der Waals surface area (Å²) in [5, 5.41) is 0. The second-order valence-electron chi connectivity index (χ2n) is 5.83. The Morgan fingerprint density at radius 3 is 2.71 bits per heavy atom. The minimum absolute atomic E-state index is 0.0263. The van der Waals surface area contributed by atoms with E-state index in [2.05, 4.69) is 19.9 Å². The first-order chi connectivity index (χ1) is 11.7. The number of carbonyl (C=O) groups is 1. The van der Waals surface area contributed by atoms with Crippen LogP contribution in [0.4, 0.5) is 5.82 Å². The van der Waals surface area contributed by atoms with E-state index in [0.717, 1.165) is 24.6 Å². The van der Waals surface area contributed by atoms with Crippen LogP contribution in [0, 0.1) is 6.92 Å². The Morgan fingerprint density at radius 2 is 1.92 bits per heavy atom. The molecule has 0 aliphatic carbocycles. The van der Waals surface area contributed by atoms with Crippen molar-refractivity contribution in [2.24, 2.45) is 0 Å². The molecule has 4 rings (SSSR count). The van der Waals surface area contributed by atoms with Crippen LogP contribution in [0.5, 0.6) is 0 Å². The van der Waals surface area contributed by atoms with E-state index in [0.29, 0.717) is 29.8 Å². The van der Waals surface area contributed by atoms with Crippen LogP contribution < -0.4 is 4.90 Å². The molecule has 7 nitrogen and oxygen atoms in total. The highest BCUT2D eigenvalue weighted by Gasteiger charge is 2.23. The lowest BCUT2D eigenvalue weighted by Crippen LogP contribution is -2.49. The number of fused-ring (bicyclic) bond motifs is 1. The Labute approximate surface area is 138 Å². The van der Waals surface area contributed by atoms with Gasteiger partial charge in [-0.15, -0.1) is 0 Å². The van der Waals surface area contributed by atoms with Crippen LogP contribution in [0.25, 0.3) is 11.1 Å². The topological polar surface area (TPSA) is 75.4 Å². The van der Waals surface area contributed by atoms with Gasteiger partial charge in [0.25, 0.3) is 5.91 Å². The summed E-state index contributed by atoms with van der Waals surface area (Å²) in [6.07, 6.45) is 2.97. The molecule has 1 aliphatic heterocycles. The number of benzene rings is 1. The molecule has 0 radical (unpaired) electrons. The first kappa shape index (κ1) is 14.6. The molecule has 0 atom stereocenters. The summed E-state index contributed by atoms with van der Waals surface area (Å²) in [4.78, 5) is 29.3. The predicted molar refractivity (Wildman–Crippen MR) is 88.9 cm³/mol. The number of nitrogens with zero attached hydrogens (tertiary/aromatic N) is 5. The van der Waals surface area contributed by atoms with Gasteiger partial charge in [-0.3, -0.25) is 4.79 Å². The van der Waals surface area contributed by atoms with Gasteiger partial charge in [0.1, 0.15) is 17.7 Å². The van der Waals surface area contributed by atoms with Crippen molar-refractivity contribution in [1.29, 1.82) is 0 Å². The molecule has 122 valence electrons. The maximum absolute atomic E-state index is 12.7. The van der Waals surface area contributed by atoms with Crippen LogP contribution in [-0.4, -0.2) is 51.9 Å². The molecule has 1 aliphatic rings. The quantitative estimate of drug-likeness (QED) is 0.717. The van der Waals surface area contributed by atoms with Crippen LogP contribution in [0.15, 0.2) is 41.4 Å². The number of aromatic nitrogens is 3. The van der Waals surface area contributed by atoms with Crippen molar-refractivity contribution in [3.8, 4) is 0 Å². The third-order valence-corrected chi connectivity index (χ3v) is 4.26. The van der Waals surface area contributed by atoms with E-state index in [1.54, 1.807) is 24.5 Å². The number of aryl methyl sites for hydroxylation is 1. The van der Waals surface area contributed by atoms with E-state index in [-0.39, 0.29) is 5.91 Å². The molecule has 3 aromatic rings. The average Bonchev–Trinajstić information content (AvgIpc) is 3.09. The largest absolute Gasteiger partial charge is 0.443 e. The number of piperazine rings is 1. The molecule has 1 saturated heterocycles. The fraction of sp³-hybridized carbons (Fsp3) is 0.294. The number of hydrogen-bond acceptors (Lipinski definition) is 6. The van der Waals surface area contributed by atoms with Crippen LogP contribution in [-0.2, 0) is 0 Å². The Bertz CT molecular complexity index is 883. The summed E-state index contributed by atoms with van der Waals surface area (Å²) >= 11 is 0. The Hall–Kier alpha value is -2.96. The van der Waals surface area contributed by atoms with E-state index in [4.69, 9.17) is 4.42 Å². The normalized spacial score (nSPS) is 15.0. The van der Waals surface area contributed by atoms with Gasteiger partial charge in [0, 0.05) is 43.5 Å². The summed E-state index contributed by atoms with van der Waals surface area (Å²) < 4.78 is 5.22. The van der Waals surface area contributed by atoms with Crippen LogP contribution in [0.3, 0.4) is 0 Å². The number of carbonyl (C=O) groups excluding carboxylic acids is 1. The van der Waals surface area contributed by atoms with Crippen molar-refractivity contribution < 1.29 is 9.21 Å². The standard InChI is InChI=1S/C17H17N5O2/c1-12-8-16(19-10-18-12)21-4-6-22(7-5-21)17(23)13-2-3-15-14(9-13)20-11-24-15/h2-3,8-11H,4-7H2,1H3. The van der Waals surface area contributed by atoms with Gasteiger partial charge >= 0.3 is 0 Å². The molecule has 2 aromatic heterocycles. The van der Waals surface area contributed by atoms with Crippen molar-refractivity contribution in [1.82, 2.24) is 19.9 Å². The van der Waals surface area contributed by atoms with Gasteiger partial charge in [0.2, 0.25) is 0 Å². The fourth-order valence-corrected chi connectivity index (χ4v) is 2.93. The smallest absolute Gasteiger partial charge is 0.254 e. The fourth-order valence-electron chi connectivity index (χ4n) is 2.93. The van der Waals surface area contributed by atoms with Crippen LogP contribution >= 0.6 is 0 Å². The summed E-state index contributed by atoms with van der Waals surface area (Å²) in [5.41, 5.74) is 2.98. The summed E-state index contributed by atoms with van der Waals surface area (Å²) in [5.74, 6) is 0.942. The molecule has 1 fully saturated rings. The first-order valence-corrected chi connectivity index (χ1v) is 7.87. The number of oxazole rings is 1. The van der Waals surface area contributed by atoms with E-state index >= 15 is 0 Å². The van der Waals surface area contributed by atoms with Crippen molar-refractivity contribution >= 4 is 22.8 Å². The minimum atomic E-state index is 0.0263. The van der Waals surface area contributed by atoms with Gasteiger partial charge in [-0.2, -0.15) is 0 Å². The Kier molecular flexibility index (Phi) is 3.60. The second kappa shape index (κ2) is 5.92. The molecule has 0 bridgehead atoms. The van der Waals surface area contributed by atoms with E-state index in [1.807, 2.05) is 17.9 Å². The SMILES string of the molecule is Cc1cc(N2CCN(C(=O)c3ccc4ocnc4c3)CC2)ncn1. The van der Waals surface area contributed by atoms with E-state index in [9.17, 15) is 4.79 Å². The molecule has 0 N–H and O–H groups in total. The highest BCUT2D eigenvalue weighted by molar-refractivity contribution is 5.97. The molecular weight excluding hydrogens is 306 g/mol. The van der Waals surface area contributed by atoms with Gasteiger partial charge in [0.15, 0.2) is 12.0 Å². The minimum Gasteiger partial charge on any atom is -0.443 e. The monoisotopic (exact) mass is 323 g/mol. The summed E-state index contributed by atoms with van der Waals surface area (Å²) in [6, 6.07) is 7.32. The third-order valence-electron chi connectivity index (χ3n) is 4.26. The van der Waals surface area contributed by atoms with Crippen molar-refractivity contribution in [3.05, 3.63) is 48.2 Å². The molecule has 0 spiro atoms. The Morgan fingerprint density at radius 1 is 1.08 bits per heavy atom. The number of anilines is 1. The zero-order chi connectivity index (χ0) is 16.5. The number of hydrogen-bond donors (Lipinski definition) is 0. The van der Waals surface area contributed by atoms with Crippen LogP contribution in [0.2, 0.25) is 0 Å². The van der Waals surface area contributed by atoms with Gasteiger partial charge in [-0.1, -0.05) is 0 Å². The highest BCUT2D eigenvalue weighted by Crippen LogP contribution is 2.18. The lowest BCUT2D eigenvalue weighted by atomic mass is 10.1. The molecule has 24 heavy (non-hydrogen) atoms. The maximum Gasteiger partial charge on any atom is 0.254 e. The number of amides is 1. The maximum atomic E-state index is 12.7. The molecule has 1 amide bonds. The van der Waals surface area contributed by atoms with Gasteiger partial charge in [-0.05, 0) is 25.1 Å². The van der Waals surface area contributed by atoms with Gasteiger partial charge in [0.05, 0.1) is 0 Å². The predicted octanol–water partition coefficient (Wildman–Crippen LogP) is 1.89. The van der Waals surface area contributed by atoms with E-state index < -0.39 is 0 Å². The van der Waals surface area contributed by atoms with Crippen LogP contribution in [0.1, 0.15) is 16.1 Å². The van der Waals surface area contributed by atoms with Crippen molar-refractivity contribution in [2.75, 3.05) is 31.1 Å². The second-order valence-corrected chi connectivity index (χ2v) is 5.83. The average molecular weight is 323 g/mol. The van der Waals surface area contributed by atoms with Crippen molar-refractivity contribution in [2.45, 2.75) is 6.92 Å². The lowest BCUT2D eigenvalue weighted by molar-refractivity contribution is 0.0746. The molecule has 1 aromatic carbocycles. The van der Waals surface area contributed by atoms with Crippen molar-refractivity contribution in [3.63, 3.8) is 0 Å². The summed E-state index contributed by atoms with van der Waals surface area (Å²) in [6.45, 7) is 4.80. The van der Waals surface area contributed by atoms with Gasteiger partial charge in [-0.25, -0.2) is 15.0 Å². The zero-order valence-electron chi connectivity index (χ0n) is 13.3. The summed E-state index contributed by atoms with van der Waals surface area (Å²) in [7, 11) is 0.